The molecule has 0 radical (unpaired) electrons. The van der Waals surface area contributed by atoms with Gasteiger partial charge in [0.1, 0.15) is 17.4 Å². The molecule has 0 saturated heterocycles. The van der Waals surface area contributed by atoms with Gasteiger partial charge in [-0.2, -0.15) is 5.26 Å². The Hall–Kier alpha value is -4.59. The first-order chi connectivity index (χ1) is 16.7. The summed E-state index contributed by atoms with van der Waals surface area (Å²) in [7, 11) is 1.53. The summed E-state index contributed by atoms with van der Waals surface area (Å²) in [4.78, 5) is 36.6. The number of carbonyl (C=O) groups excluding carboxylic acids is 2. The van der Waals surface area contributed by atoms with Gasteiger partial charge in [0.2, 0.25) is 5.75 Å². The van der Waals surface area contributed by atoms with Crippen LogP contribution in [0.2, 0.25) is 0 Å². The molecule has 2 aromatic carbocycles. The minimum absolute atomic E-state index is 0.00531. The SMILES string of the molecule is CCN(CC)C(=O)C(C#N)=Cc1cc(OC(=O)OCCc2cccc(OC)c2)c(O)c([N+](=O)[O-])c1. The Labute approximate surface area is 201 Å². The zero-order valence-corrected chi connectivity index (χ0v) is 19.5. The number of aromatic hydroxyl groups is 1. The number of ether oxygens (including phenoxy) is 3. The molecule has 0 fully saturated rings. The van der Waals surface area contributed by atoms with Gasteiger partial charge in [-0.15, -0.1) is 0 Å². The average molecular weight is 483 g/mol. The van der Waals surface area contributed by atoms with Crippen molar-refractivity contribution in [2.24, 2.45) is 0 Å². The van der Waals surface area contributed by atoms with Crippen LogP contribution in [0.1, 0.15) is 25.0 Å². The summed E-state index contributed by atoms with van der Waals surface area (Å²) in [6, 6.07) is 11.0. The van der Waals surface area contributed by atoms with Crippen molar-refractivity contribution in [3.8, 4) is 23.3 Å². The van der Waals surface area contributed by atoms with Crippen LogP contribution in [0.25, 0.3) is 6.08 Å². The van der Waals surface area contributed by atoms with Gasteiger partial charge >= 0.3 is 11.8 Å². The van der Waals surface area contributed by atoms with Gasteiger partial charge in [0.05, 0.1) is 18.6 Å². The molecule has 0 heterocycles. The molecule has 11 heteroatoms. The fourth-order valence-corrected chi connectivity index (χ4v) is 3.10. The number of nitriles is 1. The van der Waals surface area contributed by atoms with E-state index in [2.05, 4.69) is 0 Å². The second-order valence-corrected chi connectivity index (χ2v) is 7.09. The Morgan fingerprint density at radius 2 is 1.94 bits per heavy atom. The Morgan fingerprint density at radius 3 is 2.54 bits per heavy atom. The van der Waals surface area contributed by atoms with E-state index < -0.39 is 34.2 Å². The molecule has 184 valence electrons. The summed E-state index contributed by atoms with van der Waals surface area (Å²) < 4.78 is 15.1. The molecule has 1 amide bonds. The number of nitrogens with zero attached hydrogens (tertiary/aromatic N) is 3. The smallest absolute Gasteiger partial charge is 0.499 e. The molecular formula is C24H25N3O8. The van der Waals surface area contributed by atoms with Crippen LogP contribution in [0.5, 0.6) is 17.2 Å². The van der Waals surface area contributed by atoms with Crippen molar-refractivity contribution in [1.82, 2.24) is 4.90 Å². The van der Waals surface area contributed by atoms with Crippen molar-refractivity contribution in [1.29, 1.82) is 5.26 Å². The lowest BCUT2D eigenvalue weighted by Gasteiger charge is -2.17. The Morgan fingerprint density at radius 1 is 1.23 bits per heavy atom. The molecule has 0 spiro atoms. The normalized spacial score (nSPS) is 10.7. The Kier molecular flexibility index (Phi) is 9.60. The highest BCUT2D eigenvalue weighted by Crippen LogP contribution is 2.38. The molecule has 11 nitrogen and oxygen atoms in total. The van der Waals surface area contributed by atoms with E-state index in [1.165, 1.54) is 12.0 Å². The first-order valence-electron chi connectivity index (χ1n) is 10.6. The van der Waals surface area contributed by atoms with Gasteiger partial charge in [-0.25, -0.2) is 4.79 Å². The molecule has 0 aliphatic rings. The summed E-state index contributed by atoms with van der Waals surface area (Å²) in [5.74, 6) is -1.37. The lowest BCUT2D eigenvalue weighted by Crippen LogP contribution is -2.31. The van der Waals surface area contributed by atoms with Crippen LogP contribution in [-0.4, -0.2) is 53.8 Å². The number of amides is 1. The molecule has 0 atom stereocenters. The van der Waals surface area contributed by atoms with E-state index in [9.17, 15) is 30.1 Å². The molecule has 2 aromatic rings. The summed E-state index contributed by atoms with van der Waals surface area (Å²) in [5, 5.41) is 31.0. The van der Waals surface area contributed by atoms with Gasteiger partial charge in [0.15, 0.2) is 5.75 Å². The Balaban J connectivity index is 2.23. The maximum atomic E-state index is 12.5. The minimum atomic E-state index is -1.20. The second kappa shape index (κ2) is 12.6. The predicted octanol–water partition coefficient (Wildman–Crippen LogP) is 3.84. The lowest BCUT2D eigenvalue weighted by atomic mass is 10.1. The van der Waals surface area contributed by atoms with Crippen molar-refractivity contribution in [3.05, 3.63) is 63.2 Å². The van der Waals surface area contributed by atoms with Crippen molar-refractivity contribution < 1.29 is 33.8 Å². The number of benzene rings is 2. The van der Waals surface area contributed by atoms with Crippen LogP contribution in [0.3, 0.4) is 0 Å². The summed E-state index contributed by atoms with van der Waals surface area (Å²) in [6.45, 7) is 4.15. The average Bonchev–Trinajstić information content (AvgIpc) is 2.84. The topological polar surface area (TPSA) is 152 Å². The van der Waals surface area contributed by atoms with E-state index in [-0.39, 0.29) is 17.7 Å². The van der Waals surface area contributed by atoms with Crippen LogP contribution < -0.4 is 9.47 Å². The standard InChI is InChI=1S/C24H25N3O8/c1-4-26(5-2)23(29)18(15-25)11-17-13-20(27(31)32)22(28)21(14-17)35-24(30)34-10-9-16-7-6-8-19(12-16)33-3/h6-8,11-14,28H,4-5,9-10H2,1-3H3. The van der Waals surface area contributed by atoms with Crippen molar-refractivity contribution in [2.45, 2.75) is 20.3 Å². The van der Waals surface area contributed by atoms with E-state index in [4.69, 9.17) is 14.2 Å². The number of hydrogen-bond donors (Lipinski definition) is 1. The van der Waals surface area contributed by atoms with E-state index >= 15 is 0 Å². The zero-order valence-electron chi connectivity index (χ0n) is 19.5. The number of carbonyl (C=O) groups is 2. The number of nitro groups is 1. The third-order valence-corrected chi connectivity index (χ3v) is 4.92. The first-order valence-corrected chi connectivity index (χ1v) is 10.6. The van der Waals surface area contributed by atoms with Gasteiger partial charge < -0.3 is 24.2 Å². The number of likely N-dealkylation sites (N-methyl/N-ethyl adjacent to an activating group) is 1. The van der Waals surface area contributed by atoms with Gasteiger partial charge in [-0.05, 0) is 49.2 Å². The maximum absolute atomic E-state index is 12.5. The summed E-state index contributed by atoms with van der Waals surface area (Å²) in [6.07, 6.45) is 0.271. The van der Waals surface area contributed by atoms with Gasteiger partial charge in [0.25, 0.3) is 5.91 Å². The van der Waals surface area contributed by atoms with E-state index in [1.807, 2.05) is 6.07 Å². The number of nitro benzene ring substituents is 1. The largest absolute Gasteiger partial charge is 0.513 e. The molecule has 35 heavy (non-hydrogen) atoms. The van der Waals surface area contributed by atoms with Crippen LogP contribution in [-0.2, 0) is 16.0 Å². The fraction of sp³-hybridized carbons (Fsp3) is 0.292. The highest BCUT2D eigenvalue weighted by molar-refractivity contribution is 6.01. The molecule has 0 unspecified atom stereocenters. The molecular weight excluding hydrogens is 458 g/mol. The van der Waals surface area contributed by atoms with Crippen molar-refractivity contribution in [2.75, 3.05) is 26.8 Å². The second-order valence-electron chi connectivity index (χ2n) is 7.09. The molecule has 2 rings (SSSR count). The summed E-state index contributed by atoms with van der Waals surface area (Å²) >= 11 is 0. The third-order valence-electron chi connectivity index (χ3n) is 4.92. The molecule has 0 aromatic heterocycles. The zero-order chi connectivity index (χ0) is 26.0. The van der Waals surface area contributed by atoms with Gasteiger partial charge in [0, 0.05) is 25.6 Å². The third kappa shape index (κ3) is 7.20. The van der Waals surface area contributed by atoms with Crippen molar-refractivity contribution >= 4 is 23.8 Å². The molecule has 0 aliphatic carbocycles. The maximum Gasteiger partial charge on any atom is 0.513 e. The van der Waals surface area contributed by atoms with Gasteiger partial charge in [-0.3, -0.25) is 14.9 Å². The lowest BCUT2D eigenvalue weighted by molar-refractivity contribution is -0.385. The molecule has 0 saturated carbocycles. The van der Waals surface area contributed by atoms with Crippen molar-refractivity contribution in [3.63, 3.8) is 0 Å². The highest BCUT2D eigenvalue weighted by atomic mass is 16.7. The monoisotopic (exact) mass is 483 g/mol. The first kappa shape index (κ1) is 26.7. The number of methoxy groups -OCH3 is 1. The van der Waals surface area contributed by atoms with Gasteiger partial charge in [-0.1, -0.05) is 12.1 Å². The highest BCUT2D eigenvalue weighted by Gasteiger charge is 2.23. The van der Waals surface area contributed by atoms with E-state index in [0.717, 1.165) is 23.8 Å². The van der Waals surface area contributed by atoms with E-state index in [0.29, 0.717) is 25.3 Å². The van der Waals surface area contributed by atoms with Crippen LogP contribution >= 0.6 is 0 Å². The van der Waals surface area contributed by atoms with Crippen LogP contribution in [0.15, 0.2) is 42.0 Å². The number of hydrogen-bond acceptors (Lipinski definition) is 9. The number of phenols is 1. The molecule has 0 aliphatic heterocycles. The number of phenolic OH excluding ortho intramolecular Hbond substituents is 1. The fourth-order valence-electron chi connectivity index (χ4n) is 3.10. The molecule has 0 bridgehead atoms. The Bertz CT molecular complexity index is 1170. The van der Waals surface area contributed by atoms with Crippen LogP contribution in [0, 0.1) is 21.4 Å². The number of rotatable bonds is 10. The molecule has 1 N–H and O–H groups in total. The predicted molar refractivity (Wildman–Crippen MR) is 125 cm³/mol. The summed E-state index contributed by atoms with van der Waals surface area (Å²) in [5.41, 5.74) is -0.207. The quantitative estimate of drug-likeness (QED) is 0.133. The minimum Gasteiger partial charge on any atom is -0.499 e. The van der Waals surface area contributed by atoms with Crippen LogP contribution in [0.4, 0.5) is 10.5 Å². The van der Waals surface area contributed by atoms with E-state index in [1.54, 1.807) is 38.1 Å².